The lowest BCUT2D eigenvalue weighted by atomic mass is 10.1. The Morgan fingerprint density at radius 1 is 0.721 bits per heavy atom. The third-order valence-electron chi connectivity index (χ3n) is 8.68. The van der Waals surface area contributed by atoms with Crippen molar-refractivity contribution in [3.63, 3.8) is 0 Å². The van der Waals surface area contributed by atoms with Gasteiger partial charge in [-0.2, -0.15) is 0 Å². The number of fused-ring (bicyclic) bond motifs is 3. The van der Waals surface area contributed by atoms with Crippen LogP contribution in [0.1, 0.15) is 18.4 Å². The van der Waals surface area contributed by atoms with Crippen LogP contribution < -0.4 is 10.6 Å². The average molecular weight is 566 g/mol. The number of pyridine rings is 2. The molecular weight excluding hydrogens is 534 g/mol. The van der Waals surface area contributed by atoms with Gasteiger partial charge in [-0.3, -0.25) is 9.47 Å². The Morgan fingerprint density at radius 3 is 2.21 bits per heavy atom. The predicted octanol–water partition coefficient (Wildman–Crippen LogP) is 5.37. The van der Waals surface area contributed by atoms with Gasteiger partial charge >= 0.3 is 0 Å². The summed E-state index contributed by atoms with van der Waals surface area (Å²) in [5, 5.41) is 0. The molecule has 0 aliphatic carbocycles. The first kappa shape index (κ1) is 25.6. The summed E-state index contributed by atoms with van der Waals surface area (Å²) < 4.78 is 2.10. The lowest BCUT2D eigenvalue weighted by molar-refractivity contribution is 0.160. The minimum Gasteiger partial charge on any atom is -0.383 e. The first-order valence-electron chi connectivity index (χ1n) is 14.7. The van der Waals surface area contributed by atoms with E-state index in [1.165, 1.54) is 18.4 Å². The molecule has 0 radical (unpaired) electrons. The molecule has 0 amide bonds. The minimum absolute atomic E-state index is 0.439. The normalized spacial score (nSPS) is 18.4. The molecule has 0 saturated carbocycles. The van der Waals surface area contributed by atoms with Crippen LogP contribution in [0.3, 0.4) is 0 Å². The Kier molecular flexibility index (Phi) is 6.30. The van der Waals surface area contributed by atoms with Crippen molar-refractivity contribution in [2.75, 3.05) is 23.7 Å². The van der Waals surface area contributed by atoms with E-state index in [1.54, 1.807) is 6.20 Å². The maximum Gasteiger partial charge on any atom is 0.225 e. The molecule has 9 nitrogen and oxygen atoms in total. The van der Waals surface area contributed by atoms with Crippen LogP contribution in [0.5, 0.6) is 0 Å². The zero-order valence-corrected chi connectivity index (χ0v) is 23.7. The van der Waals surface area contributed by atoms with Gasteiger partial charge in [0.1, 0.15) is 11.3 Å². The van der Waals surface area contributed by atoms with Crippen molar-refractivity contribution in [3.05, 3.63) is 109 Å². The molecule has 2 aliphatic rings. The lowest BCUT2D eigenvalue weighted by Gasteiger charge is -2.41. The van der Waals surface area contributed by atoms with Gasteiger partial charge in [-0.05, 0) is 60.9 Å². The molecule has 2 atom stereocenters. The van der Waals surface area contributed by atoms with Crippen molar-refractivity contribution in [1.29, 1.82) is 0 Å². The van der Waals surface area contributed by atoms with E-state index in [2.05, 4.69) is 65.7 Å². The number of hydrogen-bond acceptors (Lipinski definition) is 8. The van der Waals surface area contributed by atoms with Gasteiger partial charge in [0, 0.05) is 61.6 Å². The molecule has 9 heteroatoms. The highest BCUT2D eigenvalue weighted by Crippen LogP contribution is 2.34. The fourth-order valence-corrected chi connectivity index (χ4v) is 6.59. The number of aromatic nitrogens is 6. The van der Waals surface area contributed by atoms with E-state index < -0.39 is 0 Å². The number of rotatable bonds is 6. The van der Waals surface area contributed by atoms with Crippen LogP contribution in [0.25, 0.3) is 39.5 Å². The van der Waals surface area contributed by atoms with E-state index in [9.17, 15) is 0 Å². The van der Waals surface area contributed by atoms with Crippen molar-refractivity contribution < 1.29 is 0 Å². The summed E-state index contributed by atoms with van der Waals surface area (Å²) in [5.41, 5.74) is 12.9. The second kappa shape index (κ2) is 10.6. The van der Waals surface area contributed by atoms with E-state index in [0.717, 1.165) is 65.1 Å². The van der Waals surface area contributed by atoms with Crippen molar-refractivity contribution in [2.45, 2.75) is 31.5 Å². The second-order valence-corrected chi connectivity index (χ2v) is 11.3. The van der Waals surface area contributed by atoms with Gasteiger partial charge in [0.05, 0.1) is 11.3 Å². The maximum absolute atomic E-state index is 6.35. The van der Waals surface area contributed by atoms with Gasteiger partial charge in [0.2, 0.25) is 5.95 Å². The summed E-state index contributed by atoms with van der Waals surface area (Å²) in [6.07, 6.45) is 7.77. The first-order valence-corrected chi connectivity index (χ1v) is 14.7. The first-order chi connectivity index (χ1) is 21.2. The smallest absolute Gasteiger partial charge is 0.225 e. The lowest BCUT2D eigenvalue weighted by Crippen LogP contribution is -2.53. The number of imidazole rings is 1. The molecule has 4 aromatic heterocycles. The molecule has 8 rings (SSSR count). The summed E-state index contributed by atoms with van der Waals surface area (Å²) in [4.78, 5) is 28.4. The van der Waals surface area contributed by atoms with E-state index in [1.807, 2.05) is 60.9 Å². The molecule has 2 fully saturated rings. The van der Waals surface area contributed by atoms with Crippen LogP contribution >= 0.6 is 0 Å². The largest absolute Gasteiger partial charge is 0.383 e. The van der Waals surface area contributed by atoms with E-state index in [4.69, 9.17) is 15.7 Å². The van der Waals surface area contributed by atoms with Crippen molar-refractivity contribution in [3.8, 4) is 28.3 Å². The van der Waals surface area contributed by atoms with Crippen LogP contribution in [-0.4, -0.2) is 59.6 Å². The molecule has 2 unspecified atom stereocenters. The Balaban J connectivity index is 1.12. The standard InChI is InChI=1S/C34H31N9/c35-31-28(8-4-17-36-31)32-40-30-16-15-29(24-6-2-1-3-7-24)39-33(30)43(32)25-11-9-23(10-12-25)20-42-26-13-14-27(42)22-41(21-26)34-37-18-5-19-38-34/h1-12,15-19,26-27H,13-14,20-22H2,(H2,35,36). The molecule has 6 aromatic rings. The zero-order valence-electron chi connectivity index (χ0n) is 23.7. The molecule has 6 heterocycles. The van der Waals surface area contributed by atoms with Gasteiger partial charge in [0.15, 0.2) is 11.5 Å². The molecule has 2 saturated heterocycles. The summed E-state index contributed by atoms with van der Waals surface area (Å²) in [6.45, 7) is 2.85. The Labute approximate surface area is 249 Å². The molecule has 43 heavy (non-hydrogen) atoms. The highest BCUT2D eigenvalue weighted by Gasteiger charge is 2.40. The van der Waals surface area contributed by atoms with Crippen LogP contribution in [0.15, 0.2) is 104 Å². The van der Waals surface area contributed by atoms with Crippen molar-refractivity contribution >= 4 is 22.9 Å². The van der Waals surface area contributed by atoms with E-state index >= 15 is 0 Å². The minimum atomic E-state index is 0.439. The summed E-state index contributed by atoms with van der Waals surface area (Å²) in [5.74, 6) is 2.00. The fraction of sp³-hybridized carbons (Fsp3) is 0.206. The van der Waals surface area contributed by atoms with Gasteiger partial charge in [0.25, 0.3) is 0 Å². The summed E-state index contributed by atoms with van der Waals surface area (Å²) >= 11 is 0. The van der Waals surface area contributed by atoms with Crippen LogP contribution in [0, 0.1) is 0 Å². The van der Waals surface area contributed by atoms with E-state index in [0.29, 0.717) is 17.9 Å². The SMILES string of the molecule is Nc1ncccc1-c1nc2ccc(-c3ccccc3)nc2n1-c1ccc(CN2C3CCC2CN(c2ncccn2)C3)cc1. The monoisotopic (exact) mass is 565 g/mol. The van der Waals surface area contributed by atoms with Crippen LogP contribution in [0.2, 0.25) is 0 Å². The Bertz CT molecular complexity index is 1870. The molecule has 2 aromatic carbocycles. The van der Waals surface area contributed by atoms with Gasteiger partial charge in [-0.15, -0.1) is 0 Å². The quantitative estimate of drug-likeness (QED) is 0.287. The fourth-order valence-electron chi connectivity index (χ4n) is 6.59. The number of anilines is 2. The number of nitrogens with zero attached hydrogens (tertiary/aromatic N) is 8. The third kappa shape index (κ3) is 4.67. The molecule has 0 spiro atoms. The predicted molar refractivity (Wildman–Crippen MR) is 169 cm³/mol. The van der Waals surface area contributed by atoms with Gasteiger partial charge in [-0.25, -0.2) is 24.9 Å². The van der Waals surface area contributed by atoms with Crippen molar-refractivity contribution in [1.82, 2.24) is 34.4 Å². The number of nitrogens with two attached hydrogens (primary N) is 1. The maximum atomic E-state index is 6.35. The average Bonchev–Trinajstić information content (AvgIpc) is 3.53. The highest BCUT2D eigenvalue weighted by atomic mass is 15.4. The van der Waals surface area contributed by atoms with Gasteiger partial charge in [-0.1, -0.05) is 42.5 Å². The number of hydrogen-bond donors (Lipinski definition) is 1. The number of piperazine rings is 1. The molecule has 2 aliphatic heterocycles. The van der Waals surface area contributed by atoms with Gasteiger partial charge < -0.3 is 10.6 Å². The molecule has 212 valence electrons. The topological polar surface area (TPSA) is 102 Å². The summed E-state index contributed by atoms with van der Waals surface area (Å²) in [7, 11) is 0. The van der Waals surface area contributed by atoms with Crippen LogP contribution in [-0.2, 0) is 6.54 Å². The Morgan fingerprint density at radius 2 is 1.47 bits per heavy atom. The zero-order chi connectivity index (χ0) is 28.8. The summed E-state index contributed by atoms with van der Waals surface area (Å²) in [6, 6.07) is 29.8. The number of benzene rings is 2. The second-order valence-electron chi connectivity index (χ2n) is 11.3. The molecule has 2 N–H and O–H groups in total. The number of nitrogen functional groups attached to an aromatic ring is 1. The highest BCUT2D eigenvalue weighted by molar-refractivity contribution is 5.84. The molecule has 2 bridgehead atoms. The third-order valence-corrected chi connectivity index (χ3v) is 8.68. The Hall–Kier alpha value is -5.15. The molecular formula is C34H31N9. The van der Waals surface area contributed by atoms with Crippen molar-refractivity contribution in [2.24, 2.45) is 0 Å². The van der Waals surface area contributed by atoms with E-state index in [-0.39, 0.29) is 0 Å². The van der Waals surface area contributed by atoms with Crippen LogP contribution in [0.4, 0.5) is 11.8 Å².